The van der Waals surface area contributed by atoms with Crippen molar-refractivity contribution in [2.75, 3.05) is 0 Å². The first-order valence-electron chi connectivity index (χ1n) is 12.1. The number of benzene rings is 2. The van der Waals surface area contributed by atoms with Crippen LogP contribution in [-0.4, -0.2) is 27.8 Å². The summed E-state index contributed by atoms with van der Waals surface area (Å²) in [6, 6.07) is 16.9. The van der Waals surface area contributed by atoms with Gasteiger partial charge in [0, 0.05) is 23.7 Å². The standard InChI is InChI=1S/C28H35N3O3/c1-18(2)14-19-6-12-22(13-7-19)26-30-25(31-34-26)21-10-8-20(9-11-21)17-29-24-15-23(16-24)27(32)33-28(3,4)5/h6-13,18,23-24,29H,14-17H2,1-5H3. The molecule has 0 amide bonds. The summed E-state index contributed by atoms with van der Waals surface area (Å²) in [4.78, 5) is 16.7. The zero-order chi connectivity index (χ0) is 24.3. The quantitative estimate of drug-likeness (QED) is 0.427. The highest BCUT2D eigenvalue weighted by atomic mass is 16.6. The molecule has 4 rings (SSSR count). The highest BCUT2D eigenvalue weighted by Gasteiger charge is 2.36. The molecular weight excluding hydrogens is 426 g/mol. The van der Waals surface area contributed by atoms with E-state index in [1.54, 1.807) is 0 Å². The number of rotatable bonds is 8. The Kier molecular flexibility index (Phi) is 7.17. The molecule has 1 saturated carbocycles. The molecule has 0 unspecified atom stereocenters. The van der Waals surface area contributed by atoms with E-state index in [1.807, 2.05) is 45.0 Å². The Morgan fingerprint density at radius 3 is 2.26 bits per heavy atom. The number of hydrogen-bond acceptors (Lipinski definition) is 6. The lowest BCUT2D eigenvalue weighted by atomic mass is 9.80. The summed E-state index contributed by atoms with van der Waals surface area (Å²) in [5.41, 5.74) is 3.91. The Hall–Kier alpha value is -2.99. The van der Waals surface area contributed by atoms with E-state index in [1.165, 1.54) is 11.1 Å². The largest absolute Gasteiger partial charge is 0.460 e. The number of carbonyl (C=O) groups is 1. The number of nitrogens with one attached hydrogen (secondary N) is 1. The number of esters is 1. The normalized spacial score (nSPS) is 18.1. The van der Waals surface area contributed by atoms with E-state index in [0.717, 1.165) is 36.9 Å². The van der Waals surface area contributed by atoms with Gasteiger partial charge >= 0.3 is 5.97 Å². The molecule has 0 saturated heterocycles. The molecule has 3 aromatic rings. The third-order valence-corrected chi connectivity index (χ3v) is 5.96. The fourth-order valence-corrected chi connectivity index (χ4v) is 4.11. The van der Waals surface area contributed by atoms with Gasteiger partial charge in [-0.15, -0.1) is 0 Å². The minimum absolute atomic E-state index is 0.0120. The van der Waals surface area contributed by atoms with Crippen LogP contribution >= 0.6 is 0 Å². The van der Waals surface area contributed by atoms with Crippen LogP contribution in [0.4, 0.5) is 0 Å². The summed E-state index contributed by atoms with van der Waals surface area (Å²) in [7, 11) is 0. The molecule has 1 aromatic heterocycles. The van der Waals surface area contributed by atoms with Crippen molar-refractivity contribution in [2.45, 2.75) is 72.1 Å². The number of aromatic nitrogens is 2. The van der Waals surface area contributed by atoms with Crippen LogP contribution in [0.1, 0.15) is 58.6 Å². The van der Waals surface area contributed by atoms with Crippen molar-refractivity contribution in [3.8, 4) is 22.8 Å². The molecule has 1 aliphatic rings. The van der Waals surface area contributed by atoms with Crippen molar-refractivity contribution in [1.29, 1.82) is 0 Å². The molecule has 0 aliphatic heterocycles. The maximum Gasteiger partial charge on any atom is 0.309 e. The summed E-state index contributed by atoms with van der Waals surface area (Å²) in [6.45, 7) is 10.9. The smallest absolute Gasteiger partial charge is 0.309 e. The highest BCUT2D eigenvalue weighted by molar-refractivity contribution is 5.74. The molecule has 34 heavy (non-hydrogen) atoms. The zero-order valence-electron chi connectivity index (χ0n) is 20.8. The predicted molar refractivity (Wildman–Crippen MR) is 133 cm³/mol. The Morgan fingerprint density at radius 1 is 1.03 bits per heavy atom. The molecule has 0 atom stereocenters. The van der Waals surface area contributed by atoms with Gasteiger partial charge in [-0.3, -0.25) is 4.79 Å². The third kappa shape index (κ3) is 6.32. The van der Waals surface area contributed by atoms with E-state index in [9.17, 15) is 4.79 Å². The molecule has 0 spiro atoms. The van der Waals surface area contributed by atoms with Gasteiger partial charge in [0.25, 0.3) is 5.89 Å². The first kappa shape index (κ1) is 24.1. The molecule has 1 heterocycles. The summed E-state index contributed by atoms with van der Waals surface area (Å²) in [6.07, 6.45) is 2.72. The van der Waals surface area contributed by atoms with E-state index in [4.69, 9.17) is 9.26 Å². The van der Waals surface area contributed by atoms with Crippen molar-refractivity contribution in [3.05, 3.63) is 59.7 Å². The second kappa shape index (κ2) is 10.1. The van der Waals surface area contributed by atoms with Crippen LogP contribution in [0, 0.1) is 11.8 Å². The van der Waals surface area contributed by atoms with Crippen LogP contribution < -0.4 is 5.32 Å². The SMILES string of the molecule is CC(C)Cc1ccc(-c2nc(-c3ccc(CNC4CC(C(=O)OC(C)(C)C)C4)cc3)no2)cc1. The van der Waals surface area contributed by atoms with Crippen molar-refractivity contribution in [2.24, 2.45) is 11.8 Å². The van der Waals surface area contributed by atoms with Gasteiger partial charge in [0.2, 0.25) is 5.82 Å². The minimum Gasteiger partial charge on any atom is -0.460 e. The first-order chi connectivity index (χ1) is 16.2. The van der Waals surface area contributed by atoms with Crippen molar-refractivity contribution < 1.29 is 14.1 Å². The van der Waals surface area contributed by atoms with Gasteiger partial charge in [-0.1, -0.05) is 55.4 Å². The fraction of sp³-hybridized carbons (Fsp3) is 0.464. The fourth-order valence-electron chi connectivity index (χ4n) is 4.11. The van der Waals surface area contributed by atoms with Gasteiger partial charge in [-0.25, -0.2) is 0 Å². The van der Waals surface area contributed by atoms with Crippen LogP contribution in [-0.2, 0) is 22.5 Å². The predicted octanol–water partition coefficient (Wildman–Crippen LogP) is 5.81. The summed E-state index contributed by atoms with van der Waals surface area (Å²) < 4.78 is 11.0. The molecule has 1 N–H and O–H groups in total. The van der Waals surface area contributed by atoms with Crippen LogP contribution in [0.2, 0.25) is 0 Å². The van der Waals surface area contributed by atoms with E-state index in [-0.39, 0.29) is 11.9 Å². The average molecular weight is 462 g/mol. The van der Waals surface area contributed by atoms with Crippen molar-refractivity contribution in [1.82, 2.24) is 15.5 Å². The second-order valence-corrected chi connectivity index (χ2v) is 10.7. The van der Waals surface area contributed by atoms with Crippen molar-refractivity contribution >= 4 is 5.97 Å². The van der Waals surface area contributed by atoms with E-state index in [2.05, 4.69) is 53.6 Å². The van der Waals surface area contributed by atoms with Gasteiger partial charge in [0.05, 0.1) is 5.92 Å². The first-order valence-corrected chi connectivity index (χ1v) is 12.1. The van der Waals surface area contributed by atoms with Crippen LogP contribution in [0.5, 0.6) is 0 Å². The Morgan fingerprint density at radius 2 is 1.65 bits per heavy atom. The molecule has 0 radical (unpaired) electrons. The maximum atomic E-state index is 12.1. The molecule has 180 valence electrons. The number of hydrogen-bond donors (Lipinski definition) is 1. The second-order valence-electron chi connectivity index (χ2n) is 10.7. The molecule has 6 nitrogen and oxygen atoms in total. The Bertz CT molecular complexity index is 1090. The topological polar surface area (TPSA) is 77.2 Å². The van der Waals surface area contributed by atoms with Crippen molar-refractivity contribution in [3.63, 3.8) is 0 Å². The molecular formula is C28H35N3O3. The minimum atomic E-state index is -0.422. The summed E-state index contributed by atoms with van der Waals surface area (Å²) in [5, 5.41) is 7.69. The van der Waals surface area contributed by atoms with Gasteiger partial charge in [-0.05, 0) is 69.2 Å². The van der Waals surface area contributed by atoms with Crippen LogP contribution in [0.15, 0.2) is 53.1 Å². The number of ether oxygens (including phenoxy) is 1. The number of nitrogens with zero attached hydrogens (tertiary/aromatic N) is 2. The lowest BCUT2D eigenvalue weighted by Crippen LogP contribution is -2.45. The van der Waals surface area contributed by atoms with Crippen LogP contribution in [0.25, 0.3) is 22.8 Å². The maximum absolute atomic E-state index is 12.1. The molecule has 1 fully saturated rings. The van der Waals surface area contributed by atoms with E-state index < -0.39 is 5.60 Å². The van der Waals surface area contributed by atoms with Gasteiger partial charge in [0.1, 0.15) is 5.60 Å². The van der Waals surface area contributed by atoms with Gasteiger partial charge < -0.3 is 14.6 Å². The summed E-state index contributed by atoms with van der Waals surface area (Å²) in [5.74, 6) is 1.67. The monoisotopic (exact) mass is 461 g/mol. The van der Waals surface area contributed by atoms with Gasteiger partial charge in [0.15, 0.2) is 0 Å². The highest BCUT2D eigenvalue weighted by Crippen LogP contribution is 2.30. The lowest BCUT2D eigenvalue weighted by Gasteiger charge is -2.36. The zero-order valence-corrected chi connectivity index (χ0v) is 20.8. The Balaban J connectivity index is 1.28. The lowest BCUT2D eigenvalue weighted by molar-refractivity contribution is -0.163. The van der Waals surface area contributed by atoms with Gasteiger partial charge in [-0.2, -0.15) is 4.98 Å². The Labute approximate surface area is 202 Å². The molecule has 6 heteroatoms. The third-order valence-electron chi connectivity index (χ3n) is 5.96. The summed E-state index contributed by atoms with van der Waals surface area (Å²) >= 11 is 0. The molecule has 1 aliphatic carbocycles. The number of carbonyl (C=O) groups excluding carboxylic acids is 1. The molecule has 0 bridgehead atoms. The van der Waals surface area contributed by atoms with Crippen LogP contribution in [0.3, 0.4) is 0 Å². The van der Waals surface area contributed by atoms with E-state index in [0.29, 0.717) is 23.7 Å². The molecule has 2 aromatic carbocycles. The average Bonchev–Trinajstić information content (AvgIpc) is 3.22. The van der Waals surface area contributed by atoms with E-state index >= 15 is 0 Å².